The minimum absolute atomic E-state index is 0.829. The monoisotopic (exact) mass is 166 g/mol. The minimum Gasteiger partial charge on any atom is -0.0854 e. The molecule has 3 atom stereocenters. The molecule has 0 amide bonds. The van der Waals surface area contributed by atoms with E-state index in [-0.39, 0.29) is 0 Å². The van der Waals surface area contributed by atoms with E-state index >= 15 is 0 Å². The van der Waals surface area contributed by atoms with E-state index in [1.54, 1.807) is 0 Å². The van der Waals surface area contributed by atoms with E-state index in [9.17, 15) is 0 Å². The topological polar surface area (TPSA) is 0 Å². The zero-order valence-electron chi connectivity index (χ0n) is 8.72. The summed E-state index contributed by atoms with van der Waals surface area (Å²) >= 11 is 0. The van der Waals surface area contributed by atoms with Gasteiger partial charge in [0.2, 0.25) is 0 Å². The van der Waals surface area contributed by atoms with Crippen molar-refractivity contribution < 1.29 is 0 Å². The van der Waals surface area contributed by atoms with E-state index in [1.807, 2.05) is 0 Å². The summed E-state index contributed by atoms with van der Waals surface area (Å²) in [6.45, 7) is 7.00. The second-order valence-electron chi connectivity index (χ2n) is 4.37. The third-order valence-electron chi connectivity index (χ3n) is 3.12. The van der Waals surface area contributed by atoms with Crippen LogP contribution in [0.1, 0.15) is 46.5 Å². The van der Waals surface area contributed by atoms with Crippen LogP contribution in [0.3, 0.4) is 0 Å². The standard InChI is InChI=1S/C12H22/c1-4-5-11(3)12-8-6-10(2)7-9-12/h6,8,10-12H,4-5,7,9H2,1-3H3. The Bertz CT molecular complexity index is 146. The second kappa shape index (κ2) is 4.69. The molecule has 1 aliphatic rings. The van der Waals surface area contributed by atoms with Gasteiger partial charge in [-0.1, -0.05) is 45.8 Å². The summed E-state index contributed by atoms with van der Waals surface area (Å²) in [5.41, 5.74) is 0. The molecule has 0 aliphatic heterocycles. The van der Waals surface area contributed by atoms with Crippen molar-refractivity contribution in [3.05, 3.63) is 12.2 Å². The van der Waals surface area contributed by atoms with Gasteiger partial charge in [-0.3, -0.25) is 0 Å². The lowest BCUT2D eigenvalue weighted by molar-refractivity contribution is 0.341. The average Bonchev–Trinajstić information content (AvgIpc) is 2.06. The molecule has 0 aromatic heterocycles. The molecule has 0 heteroatoms. The van der Waals surface area contributed by atoms with Gasteiger partial charge >= 0.3 is 0 Å². The number of hydrogen-bond acceptors (Lipinski definition) is 0. The van der Waals surface area contributed by atoms with Gasteiger partial charge < -0.3 is 0 Å². The summed E-state index contributed by atoms with van der Waals surface area (Å²) < 4.78 is 0. The Morgan fingerprint density at radius 2 is 2.08 bits per heavy atom. The van der Waals surface area contributed by atoms with Crippen molar-refractivity contribution in [2.45, 2.75) is 46.5 Å². The van der Waals surface area contributed by atoms with Gasteiger partial charge in [0.05, 0.1) is 0 Å². The fourth-order valence-electron chi connectivity index (χ4n) is 2.12. The Kier molecular flexibility index (Phi) is 3.84. The highest BCUT2D eigenvalue weighted by atomic mass is 14.2. The van der Waals surface area contributed by atoms with Crippen LogP contribution in [0.4, 0.5) is 0 Å². The lowest BCUT2D eigenvalue weighted by Gasteiger charge is -2.25. The first kappa shape index (κ1) is 9.83. The molecule has 12 heavy (non-hydrogen) atoms. The van der Waals surface area contributed by atoms with E-state index in [2.05, 4.69) is 32.9 Å². The smallest absolute Gasteiger partial charge is 0.0207 e. The lowest BCUT2D eigenvalue weighted by atomic mass is 9.80. The van der Waals surface area contributed by atoms with Crippen molar-refractivity contribution >= 4 is 0 Å². The quantitative estimate of drug-likeness (QED) is 0.555. The first-order valence-corrected chi connectivity index (χ1v) is 5.42. The van der Waals surface area contributed by atoms with Crippen LogP contribution in [-0.4, -0.2) is 0 Å². The molecule has 0 radical (unpaired) electrons. The predicted molar refractivity (Wildman–Crippen MR) is 55.1 cm³/mol. The van der Waals surface area contributed by atoms with Crippen molar-refractivity contribution in [1.82, 2.24) is 0 Å². The van der Waals surface area contributed by atoms with E-state index in [4.69, 9.17) is 0 Å². The van der Waals surface area contributed by atoms with Crippen LogP contribution in [0.5, 0.6) is 0 Å². The molecule has 1 aliphatic carbocycles. The minimum atomic E-state index is 0.829. The van der Waals surface area contributed by atoms with Crippen LogP contribution in [0.15, 0.2) is 12.2 Å². The molecule has 0 heterocycles. The molecule has 0 aromatic rings. The third-order valence-corrected chi connectivity index (χ3v) is 3.12. The Balaban J connectivity index is 2.38. The van der Waals surface area contributed by atoms with Crippen LogP contribution in [0.25, 0.3) is 0 Å². The highest BCUT2D eigenvalue weighted by molar-refractivity contribution is 4.97. The fourth-order valence-corrected chi connectivity index (χ4v) is 2.12. The SMILES string of the molecule is CCCC(C)C1C=CC(C)CC1. The van der Waals surface area contributed by atoms with Crippen LogP contribution >= 0.6 is 0 Å². The maximum atomic E-state index is 2.45. The van der Waals surface area contributed by atoms with Gasteiger partial charge in [-0.15, -0.1) is 0 Å². The highest BCUT2D eigenvalue weighted by Gasteiger charge is 2.17. The summed E-state index contributed by atoms with van der Waals surface area (Å²) in [6, 6.07) is 0. The van der Waals surface area contributed by atoms with Crippen molar-refractivity contribution in [2.75, 3.05) is 0 Å². The number of rotatable bonds is 3. The van der Waals surface area contributed by atoms with Gasteiger partial charge in [-0.05, 0) is 30.6 Å². The average molecular weight is 166 g/mol. The van der Waals surface area contributed by atoms with Crippen LogP contribution in [0.2, 0.25) is 0 Å². The Labute approximate surface area is 77.1 Å². The molecular formula is C12H22. The Hall–Kier alpha value is -0.260. The maximum Gasteiger partial charge on any atom is -0.0207 e. The molecular weight excluding hydrogens is 144 g/mol. The third kappa shape index (κ3) is 2.66. The first-order chi connectivity index (χ1) is 5.74. The van der Waals surface area contributed by atoms with Crippen molar-refractivity contribution in [3.63, 3.8) is 0 Å². The molecule has 0 spiro atoms. The van der Waals surface area contributed by atoms with Crippen molar-refractivity contribution in [3.8, 4) is 0 Å². The fraction of sp³-hybridized carbons (Fsp3) is 0.833. The molecule has 0 N–H and O–H groups in total. The van der Waals surface area contributed by atoms with Gasteiger partial charge in [-0.2, -0.15) is 0 Å². The summed E-state index contributed by atoms with van der Waals surface area (Å²) in [5.74, 6) is 2.61. The lowest BCUT2D eigenvalue weighted by Crippen LogP contribution is -2.14. The van der Waals surface area contributed by atoms with E-state index in [0.29, 0.717) is 0 Å². The largest absolute Gasteiger partial charge is 0.0854 e. The summed E-state index contributed by atoms with van der Waals surface area (Å²) in [7, 11) is 0. The summed E-state index contributed by atoms with van der Waals surface area (Å²) in [4.78, 5) is 0. The molecule has 0 saturated carbocycles. The molecule has 0 nitrogen and oxygen atoms in total. The molecule has 0 aromatic carbocycles. The van der Waals surface area contributed by atoms with Crippen molar-refractivity contribution in [1.29, 1.82) is 0 Å². The van der Waals surface area contributed by atoms with Crippen LogP contribution < -0.4 is 0 Å². The Morgan fingerprint density at radius 3 is 2.58 bits per heavy atom. The molecule has 0 saturated heterocycles. The van der Waals surface area contributed by atoms with Crippen LogP contribution in [-0.2, 0) is 0 Å². The van der Waals surface area contributed by atoms with Gasteiger partial charge in [-0.25, -0.2) is 0 Å². The van der Waals surface area contributed by atoms with Crippen LogP contribution in [0, 0.1) is 17.8 Å². The van der Waals surface area contributed by atoms with Gasteiger partial charge in [0.25, 0.3) is 0 Å². The van der Waals surface area contributed by atoms with Crippen molar-refractivity contribution in [2.24, 2.45) is 17.8 Å². The van der Waals surface area contributed by atoms with E-state index in [1.165, 1.54) is 25.7 Å². The zero-order chi connectivity index (χ0) is 8.97. The molecule has 70 valence electrons. The summed E-state index contributed by atoms with van der Waals surface area (Å²) in [6.07, 6.45) is 10.4. The van der Waals surface area contributed by atoms with Gasteiger partial charge in [0, 0.05) is 0 Å². The first-order valence-electron chi connectivity index (χ1n) is 5.42. The maximum absolute atomic E-state index is 2.45. The number of allylic oxidation sites excluding steroid dienone is 2. The Morgan fingerprint density at radius 1 is 1.33 bits per heavy atom. The molecule has 0 bridgehead atoms. The summed E-state index contributed by atoms with van der Waals surface area (Å²) in [5, 5.41) is 0. The highest BCUT2D eigenvalue weighted by Crippen LogP contribution is 2.29. The van der Waals surface area contributed by atoms with Gasteiger partial charge in [0.15, 0.2) is 0 Å². The van der Waals surface area contributed by atoms with Gasteiger partial charge in [0.1, 0.15) is 0 Å². The van der Waals surface area contributed by atoms with E-state index in [0.717, 1.165) is 17.8 Å². The predicted octanol–water partition coefficient (Wildman–Crippen LogP) is 4.02. The molecule has 0 fully saturated rings. The zero-order valence-corrected chi connectivity index (χ0v) is 8.72. The normalized spacial score (nSPS) is 31.9. The van der Waals surface area contributed by atoms with E-state index < -0.39 is 0 Å². The molecule has 1 rings (SSSR count). The molecule has 3 unspecified atom stereocenters. The number of hydrogen-bond donors (Lipinski definition) is 0. The second-order valence-corrected chi connectivity index (χ2v) is 4.37.